The highest BCUT2D eigenvalue weighted by Gasteiger charge is 2.15. The van der Waals surface area contributed by atoms with Gasteiger partial charge in [-0.1, -0.05) is 56.0 Å². The monoisotopic (exact) mass is 515 g/mol. The summed E-state index contributed by atoms with van der Waals surface area (Å²) in [5.74, 6) is 6.95. The Bertz CT molecular complexity index is 1450. The van der Waals surface area contributed by atoms with Gasteiger partial charge >= 0.3 is 0 Å². The molecule has 2 heterocycles. The molecular weight excluding hydrogens is 484 g/mol. The molecule has 196 valence electrons. The number of aliphatic hydroxyl groups is 1. The van der Waals surface area contributed by atoms with Crippen molar-refractivity contribution in [2.75, 3.05) is 17.2 Å². The first-order chi connectivity index (χ1) is 18.4. The average Bonchev–Trinajstić information content (AvgIpc) is 3.35. The van der Waals surface area contributed by atoms with Crippen LogP contribution in [0.3, 0.4) is 0 Å². The van der Waals surface area contributed by atoms with Crippen molar-refractivity contribution in [3.05, 3.63) is 101 Å². The maximum Gasteiger partial charge on any atom is 0.163 e. The van der Waals surface area contributed by atoms with Gasteiger partial charge in [0, 0.05) is 35.7 Å². The molecule has 0 saturated heterocycles. The molecule has 8 heteroatoms. The second kappa shape index (κ2) is 12.8. The lowest BCUT2D eigenvalue weighted by atomic mass is 10.1. The third kappa shape index (κ3) is 6.96. The van der Waals surface area contributed by atoms with Crippen molar-refractivity contribution in [1.29, 1.82) is 0 Å². The Balaban J connectivity index is 1.46. The molecule has 6 nitrogen and oxygen atoms in total. The predicted molar refractivity (Wildman–Crippen MR) is 147 cm³/mol. The maximum absolute atomic E-state index is 14.2. The molecule has 0 unspecified atom stereocenters. The Morgan fingerprint density at radius 2 is 1.89 bits per heavy atom. The number of rotatable bonds is 10. The van der Waals surface area contributed by atoms with Crippen LogP contribution >= 0.6 is 0 Å². The van der Waals surface area contributed by atoms with E-state index < -0.39 is 0 Å². The average molecular weight is 516 g/mol. The minimum absolute atomic E-state index is 0.126. The molecule has 0 saturated carbocycles. The molecule has 0 fully saturated rings. The zero-order valence-electron chi connectivity index (χ0n) is 21.5. The van der Waals surface area contributed by atoms with Gasteiger partial charge in [0.2, 0.25) is 0 Å². The van der Waals surface area contributed by atoms with Crippen LogP contribution in [0.4, 0.5) is 20.4 Å². The van der Waals surface area contributed by atoms with Crippen molar-refractivity contribution in [1.82, 2.24) is 14.6 Å². The Kier molecular flexibility index (Phi) is 9.07. The summed E-state index contributed by atoms with van der Waals surface area (Å²) in [6, 6.07) is 14.2. The van der Waals surface area contributed by atoms with Crippen LogP contribution in [0, 0.1) is 23.5 Å². The first kappa shape index (κ1) is 26.8. The topological polar surface area (TPSA) is 74.5 Å². The first-order valence-corrected chi connectivity index (χ1v) is 12.6. The van der Waals surface area contributed by atoms with E-state index in [1.807, 2.05) is 12.2 Å². The van der Waals surface area contributed by atoms with Crippen LogP contribution < -0.4 is 10.6 Å². The van der Waals surface area contributed by atoms with E-state index in [1.54, 1.807) is 47.1 Å². The van der Waals surface area contributed by atoms with Crippen molar-refractivity contribution < 1.29 is 13.9 Å². The van der Waals surface area contributed by atoms with Crippen LogP contribution in [-0.2, 0) is 6.54 Å². The van der Waals surface area contributed by atoms with Gasteiger partial charge in [-0.15, -0.1) is 0 Å². The van der Waals surface area contributed by atoms with Crippen molar-refractivity contribution >= 4 is 17.3 Å². The molecule has 0 aliphatic rings. The number of hydrogen-bond acceptors (Lipinski definition) is 5. The standard InChI is InChI=1S/C30H31F2N5O/c1-21(2)26-19-34-37-29(33-18-23-10-7-8-12-27(23)32)17-28(36-30(26)37)35-25(20-38)11-6-4-3-5-9-22-13-15-24(31)16-14-22/h6-8,10-17,19,21,25,33,38H,3-4,18,20H2,1-2H3,(H,35,36)/t25-/m1/s1. The predicted octanol–water partition coefficient (Wildman–Crippen LogP) is 5.90. The van der Waals surface area contributed by atoms with Gasteiger partial charge in [-0.25, -0.2) is 13.8 Å². The first-order valence-electron chi connectivity index (χ1n) is 12.6. The van der Waals surface area contributed by atoms with Crippen LogP contribution in [0.1, 0.15) is 49.3 Å². The SMILES string of the molecule is CC(C)c1cnn2c(NCc3ccccc3F)cc(N[C@H](C=CCCC#Cc3ccc(F)cc3)CO)nc12. The van der Waals surface area contributed by atoms with Gasteiger partial charge in [0.1, 0.15) is 23.3 Å². The van der Waals surface area contributed by atoms with Gasteiger partial charge in [0.15, 0.2) is 5.65 Å². The number of nitrogens with zero attached hydrogens (tertiary/aromatic N) is 3. The largest absolute Gasteiger partial charge is 0.394 e. The smallest absolute Gasteiger partial charge is 0.163 e. The fraction of sp³-hybridized carbons (Fsp3) is 0.267. The Labute approximate surface area is 221 Å². The lowest BCUT2D eigenvalue weighted by Crippen LogP contribution is -2.22. The second-order valence-corrected chi connectivity index (χ2v) is 9.17. The van der Waals surface area contributed by atoms with Gasteiger partial charge < -0.3 is 15.7 Å². The fourth-order valence-electron chi connectivity index (χ4n) is 3.87. The van der Waals surface area contributed by atoms with Crippen LogP contribution in [0.15, 0.2) is 72.9 Å². The van der Waals surface area contributed by atoms with Crippen molar-refractivity contribution in [3.63, 3.8) is 0 Å². The van der Waals surface area contributed by atoms with Gasteiger partial charge in [-0.3, -0.25) is 0 Å². The Morgan fingerprint density at radius 1 is 1.11 bits per heavy atom. The number of aromatic nitrogens is 3. The van der Waals surface area contributed by atoms with E-state index >= 15 is 0 Å². The quantitative estimate of drug-likeness (QED) is 0.139. The Hall–Kier alpha value is -4.22. The molecule has 0 amide bonds. The number of fused-ring (bicyclic) bond motifs is 1. The van der Waals surface area contributed by atoms with Crippen LogP contribution in [0.25, 0.3) is 5.65 Å². The Morgan fingerprint density at radius 3 is 2.63 bits per heavy atom. The molecule has 0 bridgehead atoms. The van der Waals surface area contributed by atoms with Crippen molar-refractivity contribution in [2.24, 2.45) is 0 Å². The second-order valence-electron chi connectivity index (χ2n) is 9.17. The van der Waals surface area contributed by atoms with E-state index in [4.69, 9.17) is 4.98 Å². The number of nitrogens with one attached hydrogen (secondary N) is 2. The number of unbranched alkanes of at least 4 members (excludes halogenated alkanes) is 1. The zero-order valence-corrected chi connectivity index (χ0v) is 21.5. The summed E-state index contributed by atoms with van der Waals surface area (Å²) < 4.78 is 28.9. The summed E-state index contributed by atoms with van der Waals surface area (Å²) in [6.45, 7) is 4.30. The molecule has 2 aromatic heterocycles. The van der Waals surface area contributed by atoms with Crippen LogP contribution in [0.5, 0.6) is 0 Å². The maximum atomic E-state index is 14.2. The van der Waals surface area contributed by atoms with Gasteiger partial charge in [0.25, 0.3) is 0 Å². The number of aliphatic hydroxyl groups excluding tert-OH is 1. The summed E-state index contributed by atoms with van der Waals surface area (Å²) in [7, 11) is 0. The lowest BCUT2D eigenvalue weighted by molar-refractivity contribution is 0.290. The molecule has 2 aromatic carbocycles. The molecule has 0 aliphatic heterocycles. The van der Waals surface area contributed by atoms with Crippen molar-refractivity contribution in [3.8, 4) is 11.8 Å². The number of hydrogen-bond donors (Lipinski definition) is 3. The lowest BCUT2D eigenvalue weighted by Gasteiger charge is -2.16. The molecule has 0 spiro atoms. The van der Waals surface area contributed by atoms with E-state index in [2.05, 4.69) is 41.4 Å². The molecule has 0 aliphatic carbocycles. The van der Waals surface area contributed by atoms with E-state index in [9.17, 15) is 13.9 Å². The van der Waals surface area contributed by atoms with Crippen molar-refractivity contribution in [2.45, 2.75) is 45.2 Å². The third-order valence-corrected chi connectivity index (χ3v) is 5.95. The fourth-order valence-corrected chi connectivity index (χ4v) is 3.87. The molecule has 3 N–H and O–H groups in total. The minimum atomic E-state index is -0.361. The number of anilines is 2. The highest BCUT2D eigenvalue weighted by molar-refractivity contribution is 5.61. The van der Waals surface area contributed by atoms with E-state index in [-0.39, 0.29) is 36.7 Å². The van der Waals surface area contributed by atoms with Gasteiger partial charge in [-0.05, 0) is 42.7 Å². The van der Waals surface area contributed by atoms with Gasteiger partial charge in [0.05, 0.1) is 18.8 Å². The number of benzene rings is 2. The molecule has 1 atom stereocenters. The summed E-state index contributed by atoms with van der Waals surface area (Å²) in [5, 5.41) is 21.0. The molecule has 0 radical (unpaired) electrons. The normalized spacial score (nSPS) is 12.1. The molecule has 38 heavy (non-hydrogen) atoms. The van der Waals surface area contributed by atoms with E-state index in [1.165, 1.54) is 18.2 Å². The van der Waals surface area contributed by atoms with Crippen LogP contribution in [-0.4, -0.2) is 32.4 Å². The third-order valence-electron chi connectivity index (χ3n) is 5.95. The molecule has 4 rings (SSSR count). The number of halogens is 2. The molecule has 4 aromatic rings. The molecular formula is C30H31F2N5O. The van der Waals surface area contributed by atoms with E-state index in [0.717, 1.165) is 11.1 Å². The summed E-state index contributed by atoms with van der Waals surface area (Å²) in [6.07, 6.45) is 6.98. The highest BCUT2D eigenvalue weighted by Crippen LogP contribution is 2.25. The van der Waals surface area contributed by atoms with Crippen LogP contribution in [0.2, 0.25) is 0 Å². The minimum Gasteiger partial charge on any atom is -0.394 e. The number of allylic oxidation sites excluding steroid dienone is 1. The summed E-state index contributed by atoms with van der Waals surface area (Å²) >= 11 is 0. The highest BCUT2D eigenvalue weighted by atomic mass is 19.1. The summed E-state index contributed by atoms with van der Waals surface area (Å²) in [5.41, 5.74) is 2.99. The van der Waals surface area contributed by atoms with Gasteiger partial charge in [-0.2, -0.15) is 9.61 Å². The summed E-state index contributed by atoms with van der Waals surface area (Å²) in [4.78, 5) is 4.76. The van der Waals surface area contributed by atoms with E-state index in [0.29, 0.717) is 35.7 Å². The zero-order chi connectivity index (χ0) is 26.9.